The largest absolute Gasteiger partial charge is 0.480 e. The molecule has 0 aliphatic heterocycles. The van der Waals surface area contributed by atoms with Gasteiger partial charge in [0.05, 0.1) is 0 Å². The molecular weight excluding hydrogens is 292 g/mol. The summed E-state index contributed by atoms with van der Waals surface area (Å²) in [6.07, 6.45) is 0. The molecular formula is C15H21ClN2O3. The fourth-order valence-electron chi connectivity index (χ4n) is 1.84. The first-order valence-corrected chi connectivity index (χ1v) is 6.98. The maximum atomic E-state index is 12.1. The predicted octanol–water partition coefficient (Wildman–Crippen LogP) is 2.98. The molecule has 0 saturated heterocycles. The summed E-state index contributed by atoms with van der Waals surface area (Å²) >= 11 is 6.05. The highest BCUT2D eigenvalue weighted by Gasteiger charge is 2.33. The Bertz CT molecular complexity index is 526. The Kier molecular flexibility index (Phi) is 5.61. The summed E-state index contributed by atoms with van der Waals surface area (Å²) < 4.78 is 0. The smallest absolute Gasteiger partial charge is 0.326 e. The molecule has 21 heavy (non-hydrogen) atoms. The van der Waals surface area contributed by atoms with Crippen LogP contribution in [0.15, 0.2) is 24.3 Å². The van der Waals surface area contributed by atoms with E-state index in [2.05, 4.69) is 5.32 Å². The van der Waals surface area contributed by atoms with Gasteiger partial charge in [-0.2, -0.15) is 0 Å². The second-order valence-corrected chi connectivity index (χ2v) is 6.44. The van der Waals surface area contributed by atoms with Gasteiger partial charge in [0, 0.05) is 18.6 Å². The van der Waals surface area contributed by atoms with Crippen LogP contribution < -0.4 is 5.32 Å². The van der Waals surface area contributed by atoms with Crippen LogP contribution in [0.25, 0.3) is 0 Å². The molecule has 5 nitrogen and oxygen atoms in total. The number of aliphatic carboxylic acids is 1. The molecule has 0 aromatic heterocycles. The molecule has 6 heteroatoms. The van der Waals surface area contributed by atoms with E-state index in [0.717, 1.165) is 5.56 Å². The number of hydrogen-bond donors (Lipinski definition) is 2. The van der Waals surface area contributed by atoms with Gasteiger partial charge in [-0.25, -0.2) is 9.59 Å². The minimum atomic E-state index is -1.05. The van der Waals surface area contributed by atoms with E-state index in [-0.39, 0.29) is 0 Å². The number of carboxylic acids is 1. The maximum absolute atomic E-state index is 12.1. The second kappa shape index (κ2) is 6.80. The van der Waals surface area contributed by atoms with E-state index >= 15 is 0 Å². The van der Waals surface area contributed by atoms with Crippen LogP contribution in [0.1, 0.15) is 26.3 Å². The fraction of sp³-hybridized carbons (Fsp3) is 0.467. The zero-order valence-corrected chi connectivity index (χ0v) is 13.4. The molecule has 2 N–H and O–H groups in total. The van der Waals surface area contributed by atoms with E-state index in [1.54, 1.807) is 33.9 Å². The van der Waals surface area contributed by atoms with Crippen LogP contribution in [0.4, 0.5) is 4.79 Å². The highest BCUT2D eigenvalue weighted by molar-refractivity contribution is 6.31. The van der Waals surface area contributed by atoms with Crippen molar-refractivity contribution in [2.24, 2.45) is 5.41 Å². The van der Waals surface area contributed by atoms with E-state index in [1.807, 2.05) is 18.2 Å². The van der Waals surface area contributed by atoms with E-state index in [0.29, 0.717) is 11.6 Å². The van der Waals surface area contributed by atoms with Gasteiger partial charge < -0.3 is 15.3 Å². The molecule has 0 fully saturated rings. The van der Waals surface area contributed by atoms with Gasteiger partial charge in [-0.15, -0.1) is 0 Å². The van der Waals surface area contributed by atoms with Crippen LogP contribution in [0.3, 0.4) is 0 Å². The fourth-order valence-corrected chi connectivity index (χ4v) is 2.03. The van der Waals surface area contributed by atoms with Gasteiger partial charge in [0.15, 0.2) is 0 Å². The number of hydrogen-bond acceptors (Lipinski definition) is 2. The quantitative estimate of drug-likeness (QED) is 0.898. The van der Waals surface area contributed by atoms with Gasteiger partial charge in [0.2, 0.25) is 0 Å². The Labute approximate surface area is 129 Å². The molecule has 0 saturated carbocycles. The van der Waals surface area contributed by atoms with Crippen LogP contribution in [-0.4, -0.2) is 35.1 Å². The van der Waals surface area contributed by atoms with Gasteiger partial charge in [0.1, 0.15) is 6.04 Å². The van der Waals surface area contributed by atoms with Crippen LogP contribution >= 0.6 is 11.6 Å². The molecule has 0 spiro atoms. The third-order valence-electron chi connectivity index (χ3n) is 3.09. The van der Waals surface area contributed by atoms with Crippen molar-refractivity contribution in [3.63, 3.8) is 0 Å². The molecule has 0 unspecified atom stereocenters. The van der Waals surface area contributed by atoms with E-state index < -0.39 is 23.5 Å². The zero-order chi connectivity index (χ0) is 16.2. The van der Waals surface area contributed by atoms with Crippen molar-refractivity contribution >= 4 is 23.6 Å². The molecule has 1 aromatic carbocycles. The monoisotopic (exact) mass is 312 g/mol. The van der Waals surface area contributed by atoms with Crippen molar-refractivity contribution in [1.29, 1.82) is 0 Å². The van der Waals surface area contributed by atoms with Gasteiger partial charge in [-0.3, -0.25) is 0 Å². The van der Waals surface area contributed by atoms with Crippen LogP contribution in [-0.2, 0) is 11.3 Å². The number of benzene rings is 1. The van der Waals surface area contributed by atoms with Crippen molar-refractivity contribution in [3.05, 3.63) is 34.9 Å². The average molecular weight is 313 g/mol. The lowest BCUT2D eigenvalue weighted by atomic mass is 9.87. The lowest BCUT2D eigenvalue weighted by Crippen LogP contribution is -2.52. The SMILES string of the molecule is CN(Cc1ccccc1Cl)C(=O)N[C@H](C(=O)O)C(C)(C)C. The molecule has 1 atom stereocenters. The van der Waals surface area contributed by atoms with Crippen LogP contribution in [0.5, 0.6) is 0 Å². The summed E-state index contributed by atoms with van der Waals surface area (Å²) in [6, 6.07) is 5.81. The predicted molar refractivity (Wildman–Crippen MR) is 82.3 cm³/mol. The van der Waals surface area contributed by atoms with Crippen molar-refractivity contribution in [2.45, 2.75) is 33.4 Å². The molecule has 2 amide bonds. The third kappa shape index (κ3) is 4.93. The zero-order valence-electron chi connectivity index (χ0n) is 12.7. The van der Waals surface area contributed by atoms with Gasteiger partial charge in [0.25, 0.3) is 0 Å². The summed E-state index contributed by atoms with van der Waals surface area (Å²) in [6.45, 7) is 5.60. The lowest BCUT2D eigenvalue weighted by molar-refractivity contribution is -0.142. The molecule has 0 aliphatic rings. The van der Waals surface area contributed by atoms with Crippen molar-refractivity contribution in [3.8, 4) is 0 Å². The van der Waals surface area contributed by atoms with E-state index in [9.17, 15) is 14.7 Å². The molecule has 0 heterocycles. The first-order valence-electron chi connectivity index (χ1n) is 6.60. The average Bonchev–Trinajstić information content (AvgIpc) is 2.36. The Morgan fingerprint density at radius 2 is 1.90 bits per heavy atom. The summed E-state index contributed by atoms with van der Waals surface area (Å²) in [5.41, 5.74) is 0.228. The normalized spacial score (nSPS) is 12.6. The Balaban J connectivity index is 2.75. The minimum Gasteiger partial charge on any atom is -0.480 e. The number of carbonyl (C=O) groups excluding carboxylic acids is 1. The summed E-state index contributed by atoms with van der Waals surface area (Å²) in [4.78, 5) is 24.8. The number of nitrogens with one attached hydrogen (secondary N) is 1. The number of carbonyl (C=O) groups is 2. The molecule has 1 rings (SSSR count). The number of halogens is 1. The topological polar surface area (TPSA) is 69.6 Å². The molecule has 116 valence electrons. The Hall–Kier alpha value is -1.75. The first kappa shape index (κ1) is 17.3. The van der Waals surface area contributed by atoms with E-state index in [4.69, 9.17) is 11.6 Å². The number of urea groups is 1. The van der Waals surface area contributed by atoms with Gasteiger partial charge in [-0.1, -0.05) is 50.6 Å². The number of carboxylic acid groups (broad SMARTS) is 1. The van der Waals surface area contributed by atoms with E-state index in [1.165, 1.54) is 4.90 Å². The Morgan fingerprint density at radius 3 is 2.38 bits per heavy atom. The van der Waals surface area contributed by atoms with Gasteiger partial charge >= 0.3 is 12.0 Å². The molecule has 1 aromatic rings. The number of rotatable bonds is 4. The van der Waals surface area contributed by atoms with Crippen molar-refractivity contribution in [1.82, 2.24) is 10.2 Å². The summed E-state index contributed by atoms with van der Waals surface area (Å²) in [5, 5.41) is 12.3. The molecule has 0 aliphatic carbocycles. The Morgan fingerprint density at radius 1 is 1.33 bits per heavy atom. The number of amides is 2. The minimum absolute atomic E-state index is 0.308. The van der Waals surface area contributed by atoms with Gasteiger partial charge in [-0.05, 0) is 17.0 Å². The summed E-state index contributed by atoms with van der Waals surface area (Å²) in [7, 11) is 1.60. The first-order chi connectivity index (χ1) is 9.62. The molecule has 0 bridgehead atoms. The van der Waals surface area contributed by atoms with Crippen LogP contribution in [0.2, 0.25) is 5.02 Å². The third-order valence-corrected chi connectivity index (χ3v) is 3.46. The highest BCUT2D eigenvalue weighted by Crippen LogP contribution is 2.20. The lowest BCUT2D eigenvalue weighted by Gasteiger charge is -2.29. The van der Waals surface area contributed by atoms with Crippen molar-refractivity contribution < 1.29 is 14.7 Å². The summed E-state index contributed by atoms with van der Waals surface area (Å²) in [5.74, 6) is -1.05. The van der Waals surface area contributed by atoms with Crippen molar-refractivity contribution in [2.75, 3.05) is 7.05 Å². The highest BCUT2D eigenvalue weighted by atomic mass is 35.5. The van der Waals surface area contributed by atoms with Crippen LogP contribution in [0, 0.1) is 5.41 Å². The standard InChI is InChI=1S/C15H21ClN2O3/c1-15(2,3)12(13(19)20)17-14(21)18(4)9-10-7-5-6-8-11(10)16/h5-8,12H,9H2,1-4H3,(H,17,21)(H,19,20)/t12-/m1/s1. The second-order valence-electron chi connectivity index (χ2n) is 6.03. The maximum Gasteiger partial charge on any atom is 0.326 e. The molecule has 0 radical (unpaired) electrons. The number of nitrogens with zero attached hydrogens (tertiary/aromatic N) is 1.